The average Bonchev–Trinajstić information content (AvgIpc) is 3.32. The molecule has 1 saturated heterocycles. The van der Waals surface area contributed by atoms with Gasteiger partial charge in [-0.3, -0.25) is 18.8 Å². The van der Waals surface area contributed by atoms with Crippen LogP contribution in [0, 0.1) is 12.0 Å². The molecule has 206 valence electrons. The summed E-state index contributed by atoms with van der Waals surface area (Å²) in [5.74, 6) is 2.31. The fraction of sp³-hybridized carbons (Fsp3) is 0.467. The topological polar surface area (TPSA) is 270 Å². The van der Waals surface area contributed by atoms with Crippen LogP contribution in [0.5, 0.6) is 0 Å². The molecule has 0 bridgehead atoms. The molecule has 18 nitrogen and oxygen atoms in total. The van der Waals surface area contributed by atoms with Gasteiger partial charge in [0, 0.05) is 25.8 Å². The molecular formula is C15H22N5O13P3S. The van der Waals surface area contributed by atoms with Crippen molar-refractivity contribution in [3.63, 3.8) is 0 Å². The van der Waals surface area contributed by atoms with Crippen molar-refractivity contribution in [2.24, 2.45) is 5.73 Å². The Kier molecular flexibility index (Phi) is 9.31. The van der Waals surface area contributed by atoms with E-state index in [9.17, 15) is 28.3 Å². The van der Waals surface area contributed by atoms with Gasteiger partial charge in [-0.15, -0.1) is 0 Å². The normalized spacial score (nSPS) is 24.6. The summed E-state index contributed by atoms with van der Waals surface area (Å²) in [5, 5.41) is 0.0892. The quantitative estimate of drug-likeness (QED) is 0.0589. The van der Waals surface area contributed by atoms with E-state index < -0.39 is 54.1 Å². The van der Waals surface area contributed by atoms with Gasteiger partial charge in [0.25, 0.3) is 5.56 Å². The van der Waals surface area contributed by atoms with Crippen LogP contribution in [0.3, 0.4) is 0 Å². The third kappa shape index (κ3) is 7.43. The number of nitrogen functional groups attached to an aromatic ring is 1. The second-order valence-corrected chi connectivity index (χ2v) is 12.1. The maximum atomic E-state index is 12.4. The number of thiol groups is 1. The van der Waals surface area contributed by atoms with Crippen LogP contribution in [0.1, 0.15) is 18.2 Å². The number of phosphoric ester groups is 2. The number of rotatable bonds is 11. The lowest BCUT2D eigenvalue weighted by atomic mass is 10.2. The zero-order valence-electron chi connectivity index (χ0n) is 18.7. The van der Waals surface area contributed by atoms with Gasteiger partial charge < -0.3 is 40.2 Å². The highest BCUT2D eigenvalue weighted by molar-refractivity contribution is 7.80. The Hall–Kier alpha value is -1.74. The molecule has 0 aromatic carbocycles. The van der Waals surface area contributed by atoms with Crippen LogP contribution < -0.4 is 17.0 Å². The van der Waals surface area contributed by atoms with Gasteiger partial charge in [0.2, 0.25) is 5.95 Å². The number of aromatic amines is 1. The highest BCUT2D eigenvalue weighted by atomic mass is 32.1. The summed E-state index contributed by atoms with van der Waals surface area (Å²) in [6.45, 7) is -0.728. The minimum absolute atomic E-state index is 0.0891. The molecule has 3 rings (SSSR count). The number of nitrogens with two attached hydrogens (primary N) is 2. The number of fused-ring (bicyclic) bond motifs is 1. The van der Waals surface area contributed by atoms with Crippen molar-refractivity contribution in [3.8, 4) is 12.0 Å². The SMILES string of the molecule is COP(=O)(O)OP(=O)(O)OP(=O)(O)OCC1O[C@@H](n2cc(C#CN)c3c(=O)[nH]c(N)nc32)C[C@H]1OCS. The Morgan fingerprint density at radius 2 is 1.95 bits per heavy atom. The molecule has 0 spiro atoms. The summed E-state index contributed by atoms with van der Waals surface area (Å²) in [5.41, 5.74) is 10.7. The Bertz CT molecular complexity index is 1420. The molecule has 1 fully saturated rings. The van der Waals surface area contributed by atoms with Crippen LogP contribution in [-0.4, -0.2) is 61.1 Å². The molecule has 22 heteroatoms. The maximum absolute atomic E-state index is 12.4. The first-order valence-corrected chi connectivity index (χ1v) is 14.9. The van der Waals surface area contributed by atoms with Crippen molar-refractivity contribution in [2.75, 3.05) is 25.4 Å². The predicted octanol–water partition coefficient (Wildman–Crippen LogP) is 0.132. The molecule has 37 heavy (non-hydrogen) atoms. The number of nitrogens with one attached hydrogen (secondary N) is 1. The first-order valence-electron chi connectivity index (χ1n) is 9.82. The molecule has 6 atom stereocenters. The summed E-state index contributed by atoms with van der Waals surface area (Å²) < 4.78 is 64.6. The highest BCUT2D eigenvalue weighted by Crippen LogP contribution is 2.67. The van der Waals surface area contributed by atoms with Crippen molar-refractivity contribution in [3.05, 3.63) is 22.1 Å². The van der Waals surface area contributed by atoms with Crippen molar-refractivity contribution in [1.82, 2.24) is 14.5 Å². The molecule has 0 radical (unpaired) electrons. The first kappa shape index (κ1) is 29.8. The number of aromatic nitrogens is 3. The third-order valence-electron chi connectivity index (χ3n) is 4.73. The fourth-order valence-corrected chi connectivity index (χ4v) is 6.81. The number of ether oxygens (including phenoxy) is 2. The van der Waals surface area contributed by atoms with E-state index in [4.69, 9.17) is 30.4 Å². The predicted molar refractivity (Wildman–Crippen MR) is 128 cm³/mol. The Morgan fingerprint density at radius 3 is 2.57 bits per heavy atom. The Morgan fingerprint density at radius 1 is 1.27 bits per heavy atom. The number of hydrogen-bond acceptors (Lipinski definition) is 14. The molecule has 0 aliphatic carbocycles. The van der Waals surface area contributed by atoms with E-state index in [-0.39, 0.29) is 34.9 Å². The first-order chi connectivity index (χ1) is 17.2. The highest BCUT2D eigenvalue weighted by Gasteiger charge is 2.44. The Balaban J connectivity index is 1.81. The molecule has 1 aliphatic rings. The fourth-order valence-electron chi connectivity index (χ4n) is 3.36. The van der Waals surface area contributed by atoms with E-state index in [0.717, 1.165) is 0 Å². The third-order valence-corrected chi connectivity index (χ3v) is 9.12. The van der Waals surface area contributed by atoms with Gasteiger partial charge in [-0.25, -0.2) is 13.7 Å². The minimum atomic E-state index is -5.58. The number of hydrogen-bond donors (Lipinski definition) is 7. The summed E-state index contributed by atoms with van der Waals surface area (Å²) in [6, 6.07) is 2.19. The van der Waals surface area contributed by atoms with Crippen LogP contribution in [0.25, 0.3) is 11.0 Å². The summed E-state index contributed by atoms with van der Waals surface area (Å²) in [6.07, 6.45) is -1.21. The molecule has 1 aliphatic heterocycles. The van der Waals surface area contributed by atoms with Crippen molar-refractivity contribution in [2.45, 2.75) is 24.9 Å². The molecule has 2 aromatic rings. The summed E-state index contributed by atoms with van der Waals surface area (Å²) in [7, 11) is -15.3. The minimum Gasteiger partial charge on any atom is -0.369 e. The monoisotopic (exact) mass is 605 g/mol. The maximum Gasteiger partial charge on any atom is 0.490 e. The summed E-state index contributed by atoms with van der Waals surface area (Å²) in [4.78, 5) is 47.3. The number of anilines is 1. The average molecular weight is 605 g/mol. The lowest BCUT2D eigenvalue weighted by Gasteiger charge is -2.21. The molecule has 3 heterocycles. The van der Waals surface area contributed by atoms with Crippen LogP contribution in [0.15, 0.2) is 11.0 Å². The smallest absolute Gasteiger partial charge is 0.369 e. The van der Waals surface area contributed by atoms with Gasteiger partial charge in [-0.05, 0) is 5.92 Å². The lowest BCUT2D eigenvalue weighted by molar-refractivity contribution is -0.0520. The van der Waals surface area contributed by atoms with E-state index in [0.29, 0.717) is 7.11 Å². The molecular weight excluding hydrogens is 583 g/mol. The van der Waals surface area contributed by atoms with Crippen LogP contribution in [-0.2, 0) is 40.8 Å². The van der Waals surface area contributed by atoms with Crippen molar-refractivity contribution in [1.29, 1.82) is 0 Å². The largest absolute Gasteiger partial charge is 0.490 e. The van der Waals surface area contributed by atoms with Gasteiger partial charge in [0.1, 0.15) is 17.7 Å². The Labute approximate surface area is 213 Å². The van der Waals surface area contributed by atoms with E-state index in [2.05, 4.69) is 47.7 Å². The molecule has 0 amide bonds. The van der Waals surface area contributed by atoms with Gasteiger partial charge >= 0.3 is 23.5 Å². The second-order valence-electron chi connectivity index (χ2n) is 7.12. The second kappa shape index (κ2) is 11.6. The van der Waals surface area contributed by atoms with Crippen LogP contribution in [0.2, 0.25) is 0 Å². The van der Waals surface area contributed by atoms with E-state index >= 15 is 0 Å². The van der Waals surface area contributed by atoms with Gasteiger partial charge in [0.15, 0.2) is 5.65 Å². The zero-order chi connectivity index (χ0) is 27.6. The van der Waals surface area contributed by atoms with Gasteiger partial charge in [-0.2, -0.15) is 26.2 Å². The van der Waals surface area contributed by atoms with Gasteiger partial charge in [0.05, 0.1) is 24.2 Å². The molecule has 2 aromatic heterocycles. The van der Waals surface area contributed by atoms with Crippen molar-refractivity contribution >= 4 is 53.1 Å². The number of H-pyrrole nitrogens is 1. The molecule has 4 unspecified atom stereocenters. The van der Waals surface area contributed by atoms with Crippen LogP contribution >= 0.6 is 36.1 Å². The van der Waals surface area contributed by atoms with Crippen molar-refractivity contribution < 1.29 is 55.5 Å². The number of nitrogens with zero attached hydrogens (tertiary/aromatic N) is 2. The van der Waals surface area contributed by atoms with E-state index in [1.54, 1.807) is 0 Å². The molecule has 0 saturated carbocycles. The molecule has 8 N–H and O–H groups in total. The zero-order valence-corrected chi connectivity index (χ0v) is 22.3. The lowest BCUT2D eigenvalue weighted by Crippen LogP contribution is -2.28. The summed E-state index contributed by atoms with van der Waals surface area (Å²) >= 11 is 3.99. The van der Waals surface area contributed by atoms with Crippen LogP contribution in [0.4, 0.5) is 5.95 Å². The van der Waals surface area contributed by atoms with Gasteiger partial charge in [-0.1, -0.05) is 0 Å². The van der Waals surface area contributed by atoms with E-state index in [1.165, 1.54) is 10.8 Å². The van der Waals surface area contributed by atoms with E-state index in [1.807, 2.05) is 0 Å². The standard InChI is InChI=1S/C15H22N5O13P3S/c1-28-34(22,23)32-36(26,27)33-35(24,25)30-6-10-9(29-7-37)4-11(31-10)20-5-8(2-3-16)12-13(20)18-15(17)19-14(12)21/h5,9-11,37H,4,6-7,16H2,1H3,(H,22,23)(H,24,25)(H,26,27)(H3,17,18,19,21)/t9-,10?,11-/m1/s1. The number of phosphoric acid groups is 3.